The van der Waals surface area contributed by atoms with Gasteiger partial charge < -0.3 is 4.90 Å². The van der Waals surface area contributed by atoms with Crippen molar-refractivity contribution in [2.24, 2.45) is 0 Å². The van der Waals surface area contributed by atoms with E-state index >= 15 is 0 Å². The lowest BCUT2D eigenvalue weighted by Gasteiger charge is -2.41. The lowest BCUT2D eigenvalue weighted by Crippen LogP contribution is -2.52. The van der Waals surface area contributed by atoms with Crippen LogP contribution in [0.15, 0.2) is 30.3 Å². The van der Waals surface area contributed by atoms with E-state index in [2.05, 4.69) is 21.9 Å². The molecule has 1 heterocycles. The van der Waals surface area contributed by atoms with Crippen molar-refractivity contribution in [1.82, 2.24) is 14.7 Å². The third-order valence-electron chi connectivity index (χ3n) is 5.35. The minimum Gasteiger partial charge on any atom is -0.347 e. The van der Waals surface area contributed by atoms with E-state index in [0.717, 1.165) is 37.8 Å². The maximum atomic E-state index is 12.8. The molecule has 1 amide bonds. The molecule has 2 fully saturated rings. The fourth-order valence-corrected chi connectivity index (χ4v) is 4.02. The van der Waals surface area contributed by atoms with Crippen LogP contribution < -0.4 is 0 Å². The summed E-state index contributed by atoms with van der Waals surface area (Å²) in [7, 11) is 3.71. The molecular weight excluding hydrogens is 286 g/mol. The van der Waals surface area contributed by atoms with Gasteiger partial charge in [0, 0.05) is 46.3 Å². The second kappa shape index (κ2) is 7.45. The molecule has 1 atom stereocenters. The minimum absolute atomic E-state index is 0.142. The molecular formula is C19H29N3O. The van der Waals surface area contributed by atoms with Crippen LogP contribution in [0.2, 0.25) is 0 Å². The Labute approximate surface area is 140 Å². The zero-order chi connectivity index (χ0) is 16.2. The van der Waals surface area contributed by atoms with E-state index in [1.54, 1.807) is 4.90 Å². The van der Waals surface area contributed by atoms with Gasteiger partial charge in [-0.05, 0) is 18.4 Å². The fourth-order valence-electron chi connectivity index (χ4n) is 4.02. The summed E-state index contributed by atoms with van der Waals surface area (Å²) in [5.74, 6) is 0.186. The first kappa shape index (κ1) is 16.5. The van der Waals surface area contributed by atoms with Crippen LogP contribution in [-0.2, 0) is 4.79 Å². The Morgan fingerprint density at radius 2 is 1.65 bits per heavy atom. The number of piperazine rings is 1. The van der Waals surface area contributed by atoms with Gasteiger partial charge in [0.1, 0.15) is 6.04 Å². The average Bonchev–Trinajstić information content (AvgIpc) is 3.11. The van der Waals surface area contributed by atoms with Crippen molar-refractivity contribution < 1.29 is 4.79 Å². The highest BCUT2D eigenvalue weighted by molar-refractivity contribution is 5.82. The van der Waals surface area contributed by atoms with E-state index in [9.17, 15) is 4.79 Å². The summed E-state index contributed by atoms with van der Waals surface area (Å²) >= 11 is 0. The number of amides is 1. The van der Waals surface area contributed by atoms with Gasteiger partial charge in [-0.2, -0.15) is 0 Å². The maximum absolute atomic E-state index is 12.8. The topological polar surface area (TPSA) is 26.8 Å². The first-order valence-electron chi connectivity index (χ1n) is 8.91. The number of hydrogen-bond acceptors (Lipinski definition) is 3. The minimum atomic E-state index is -0.142. The number of nitrogens with zero attached hydrogens (tertiary/aromatic N) is 3. The van der Waals surface area contributed by atoms with E-state index in [1.165, 1.54) is 25.7 Å². The van der Waals surface area contributed by atoms with E-state index in [1.807, 2.05) is 32.3 Å². The van der Waals surface area contributed by atoms with E-state index in [0.29, 0.717) is 0 Å². The van der Waals surface area contributed by atoms with Gasteiger partial charge in [0.15, 0.2) is 0 Å². The summed E-state index contributed by atoms with van der Waals surface area (Å²) in [5, 5.41) is 0. The van der Waals surface area contributed by atoms with Crippen molar-refractivity contribution >= 4 is 5.91 Å². The van der Waals surface area contributed by atoms with Crippen LogP contribution in [0.25, 0.3) is 0 Å². The van der Waals surface area contributed by atoms with Gasteiger partial charge in [0.25, 0.3) is 0 Å². The molecule has 0 N–H and O–H groups in total. The summed E-state index contributed by atoms with van der Waals surface area (Å²) in [4.78, 5) is 19.5. The van der Waals surface area contributed by atoms with Crippen LogP contribution in [0, 0.1) is 0 Å². The van der Waals surface area contributed by atoms with Gasteiger partial charge in [-0.3, -0.25) is 14.6 Å². The number of carbonyl (C=O) groups excluding carboxylic acids is 1. The Morgan fingerprint density at radius 1 is 1.04 bits per heavy atom. The number of likely N-dealkylation sites (N-methyl/N-ethyl adjacent to an activating group) is 1. The summed E-state index contributed by atoms with van der Waals surface area (Å²) in [6.45, 7) is 4.15. The number of rotatable bonds is 4. The molecule has 1 saturated heterocycles. The third-order valence-corrected chi connectivity index (χ3v) is 5.35. The van der Waals surface area contributed by atoms with Crippen molar-refractivity contribution in [3.63, 3.8) is 0 Å². The highest BCUT2D eigenvalue weighted by atomic mass is 16.2. The van der Waals surface area contributed by atoms with Crippen LogP contribution in [0.5, 0.6) is 0 Å². The number of carbonyl (C=O) groups is 1. The zero-order valence-corrected chi connectivity index (χ0v) is 14.4. The van der Waals surface area contributed by atoms with Crippen molar-refractivity contribution in [1.29, 1.82) is 0 Å². The number of benzene rings is 1. The molecule has 3 rings (SSSR count). The Balaban J connectivity index is 1.70. The van der Waals surface area contributed by atoms with Crippen LogP contribution in [0.1, 0.15) is 37.3 Å². The van der Waals surface area contributed by atoms with Gasteiger partial charge in [-0.1, -0.05) is 43.2 Å². The van der Waals surface area contributed by atoms with Crippen molar-refractivity contribution in [3.05, 3.63) is 35.9 Å². The highest BCUT2D eigenvalue weighted by Gasteiger charge is 2.33. The number of hydrogen-bond donors (Lipinski definition) is 0. The predicted octanol–water partition coefficient (Wildman–Crippen LogP) is 2.38. The molecule has 1 aliphatic carbocycles. The Hall–Kier alpha value is -1.39. The van der Waals surface area contributed by atoms with Gasteiger partial charge in [0.05, 0.1) is 0 Å². The molecule has 1 aliphatic heterocycles. The predicted molar refractivity (Wildman–Crippen MR) is 93.3 cm³/mol. The molecule has 0 bridgehead atoms. The van der Waals surface area contributed by atoms with Crippen LogP contribution >= 0.6 is 0 Å². The standard InChI is InChI=1S/C19H29N3O/c1-20(2)19(23)18(16-8-4-3-5-9-16)22-14-12-21(13-15-22)17-10-6-7-11-17/h3-5,8-9,17-18H,6-7,10-15H2,1-2H3. The summed E-state index contributed by atoms with van der Waals surface area (Å²) in [6, 6.07) is 10.9. The Kier molecular flexibility index (Phi) is 5.34. The lowest BCUT2D eigenvalue weighted by molar-refractivity contribution is -0.135. The first-order valence-corrected chi connectivity index (χ1v) is 8.91. The van der Waals surface area contributed by atoms with E-state index < -0.39 is 0 Å². The molecule has 23 heavy (non-hydrogen) atoms. The molecule has 0 aromatic heterocycles. The zero-order valence-electron chi connectivity index (χ0n) is 14.4. The van der Waals surface area contributed by atoms with Crippen LogP contribution in [0.4, 0.5) is 0 Å². The van der Waals surface area contributed by atoms with E-state index in [-0.39, 0.29) is 11.9 Å². The maximum Gasteiger partial charge on any atom is 0.244 e. The van der Waals surface area contributed by atoms with Gasteiger partial charge in [-0.25, -0.2) is 0 Å². The summed E-state index contributed by atoms with van der Waals surface area (Å²) in [5.41, 5.74) is 1.11. The highest BCUT2D eigenvalue weighted by Crippen LogP contribution is 2.28. The molecule has 1 saturated carbocycles. The van der Waals surface area contributed by atoms with Crippen molar-refractivity contribution in [2.45, 2.75) is 37.8 Å². The molecule has 4 heteroatoms. The largest absolute Gasteiger partial charge is 0.347 e. The Morgan fingerprint density at radius 3 is 2.22 bits per heavy atom. The molecule has 1 aromatic carbocycles. The molecule has 1 unspecified atom stereocenters. The fraction of sp³-hybridized carbons (Fsp3) is 0.632. The monoisotopic (exact) mass is 315 g/mol. The van der Waals surface area contributed by atoms with Gasteiger partial charge >= 0.3 is 0 Å². The molecule has 4 nitrogen and oxygen atoms in total. The SMILES string of the molecule is CN(C)C(=O)C(c1ccccc1)N1CCN(C2CCCC2)CC1. The second-order valence-corrected chi connectivity index (χ2v) is 7.06. The van der Waals surface area contributed by atoms with Crippen molar-refractivity contribution in [3.8, 4) is 0 Å². The van der Waals surface area contributed by atoms with Gasteiger partial charge in [0.2, 0.25) is 5.91 Å². The van der Waals surface area contributed by atoms with E-state index in [4.69, 9.17) is 0 Å². The molecule has 0 radical (unpaired) electrons. The third kappa shape index (κ3) is 3.75. The molecule has 0 spiro atoms. The van der Waals surface area contributed by atoms with Gasteiger partial charge in [-0.15, -0.1) is 0 Å². The summed E-state index contributed by atoms with van der Waals surface area (Å²) in [6.07, 6.45) is 5.49. The molecule has 126 valence electrons. The summed E-state index contributed by atoms with van der Waals surface area (Å²) < 4.78 is 0. The lowest BCUT2D eigenvalue weighted by atomic mass is 10.0. The quantitative estimate of drug-likeness (QED) is 0.853. The first-order chi connectivity index (χ1) is 11.2. The van der Waals surface area contributed by atoms with Crippen LogP contribution in [-0.4, -0.2) is 66.9 Å². The molecule has 1 aromatic rings. The Bertz CT molecular complexity index is 503. The molecule has 2 aliphatic rings. The smallest absolute Gasteiger partial charge is 0.244 e. The normalized spacial score (nSPS) is 22.2. The second-order valence-electron chi connectivity index (χ2n) is 7.06. The van der Waals surface area contributed by atoms with Crippen molar-refractivity contribution in [2.75, 3.05) is 40.3 Å². The van der Waals surface area contributed by atoms with Crippen LogP contribution in [0.3, 0.4) is 0 Å². The average molecular weight is 315 g/mol.